The maximum absolute atomic E-state index is 11.1. The molecule has 3 aromatic rings. The van der Waals surface area contributed by atoms with Gasteiger partial charge in [-0.1, -0.05) is 6.07 Å². The van der Waals surface area contributed by atoms with Crippen molar-refractivity contribution in [2.45, 2.75) is 0 Å². The van der Waals surface area contributed by atoms with Crippen LogP contribution in [-0.4, -0.2) is 35.3 Å². The number of carboxylic acids is 1. The first-order chi connectivity index (χ1) is 13.1. The summed E-state index contributed by atoms with van der Waals surface area (Å²) in [5.74, 6) is 1.33. The van der Waals surface area contributed by atoms with E-state index in [1.54, 1.807) is 44.6 Å². The van der Waals surface area contributed by atoms with Crippen LogP contribution in [0.25, 0.3) is 0 Å². The van der Waals surface area contributed by atoms with Gasteiger partial charge >= 0.3 is 5.97 Å². The first-order valence-corrected chi connectivity index (χ1v) is 8.00. The Morgan fingerprint density at radius 1 is 0.889 bits per heavy atom. The van der Waals surface area contributed by atoms with Gasteiger partial charge in [-0.3, -0.25) is 0 Å². The molecule has 0 amide bonds. The Morgan fingerprint density at radius 3 is 2.19 bits per heavy atom. The van der Waals surface area contributed by atoms with Gasteiger partial charge in [0, 0.05) is 23.5 Å². The lowest BCUT2D eigenvalue weighted by Crippen LogP contribution is -2.01. The zero-order chi connectivity index (χ0) is 19.2. The average molecular weight is 366 g/mol. The second-order valence-electron chi connectivity index (χ2n) is 5.49. The number of carboxylic acid groups (broad SMARTS) is 1. The quantitative estimate of drug-likeness (QED) is 0.581. The van der Waals surface area contributed by atoms with Gasteiger partial charge in [-0.25, -0.2) is 14.8 Å². The number of nitrogens with zero attached hydrogens (tertiary/aromatic N) is 2. The minimum Gasteiger partial charge on any atom is -0.493 e. The van der Waals surface area contributed by atoms with E-state index in [9.17, 15) is 4.79 Å². The Hall–Kier alpha value is -3.81. The fraction of sp³-hybridized carbons (Fsp3) is 0.105. The first-order valence-electron chi connectivity index (χ1n) is 8.00. The molecule has 8 nitrogen and oxygen atoms in total. The summed E-state index contributed by atoms with van der Waals surface area (Å²) in [4.78, 5) is 19.4. The number of anilines is 4. The lowest BCUT2D eigenvalue weighted by molar-refractivity contribution is 0.0697. The Kier molecular flexibility index (Phi) is 5.36. The molecular weight excluding hydrogens is 348 g/mol. The lowest BCUT2D eigenvalue weighted by Gasteiger charge is -2.12. The summed E-state index contributed by atoms with van der Waals surface area (Å²) < 4.78 is 10.5. The SMILES string of the molecule is COc1ccc(Nc2cc(Nc3cccc(C(=O)O)c3)ncn2)cc1OC. The van der Waals surface area contributed by atoms with Crippen molar-refractivity contribution in [3.05, 3.63) is 60.4 Å². The third-order valence-corrected chi connectivity index (χ3v) is 3.70. The molecule has 27 heavy (non-hydrogen) atoms. The van der Waals surface area contributed by atoms with Crippen LogP contribution < -0.4 is 20.1 Å². The normalized spacial score (nSPS) is 10.1. The van der Waals surface area contributed by atoms with Crippen molar-refractivity contribution in [2.24, 2.45) is 0 Å². The summed E-state index contributed by atoms with van der Waals surface area (Å²) >= 11 is 0. The molecule has 0 unspecified atom stereocenters. The van der Waals surface area contributed by atoms with Crippen LogP contribution in [0, 0.1) is 0 Å². The second-order valence-corrected chi connectivity index (χ2v) is 5.49. The van der Waals surface area contributed by atoms with Gasteiger partial charge in [0.05, 0.1) is 19.8 Å². The Bertz CT molecular complexity index is 962. The van der Waals surface area contributed by atoms with Crippen molar-refractivity contribution in [3.8, 4) is 11.5 Å². The molecule has 1 aromatic heterocycles. The van der Waals surface area contributed by atoms with Crippen molar-refractivity contribution in [1.29, 1.82) is 0 Å². The zero-order valence-corrected chi connectivity index (χ0v) is 14.8. The topological polar surface area (TPSA) is 106 Å². The molecule has 0 aliphatic heterocycles. The van der Waals surface area contributed by atoms with E-state index in [4.69, 9.17) is 14.6 Å². The van der Waals surface area contributed by atoms with Crippen molar-refractivity contribution in [2.75, 3.05) is 24.9 Å². The summed E-state index contributed by atoms with van der Waals surface area (Å²) in [6, 6.07) is 13.6. The van der Waals surface area contributed by atoms with Crippen LogP contribution in [0.5, 0.6) is 11.5 Å². The molecule has 0 saturated carbocycles. The molecule has 0 saturated heterocycles. The fourth-order valence-electron chi connectivity index (χ4n) is 2.43. The minimum atomic E-state index is -0.989. The number of benzene rings is 2. The number of carbonyl (C=O) groups is 1. The standard InChI is InChI=1S/C19H18N4O4/c1-26-15-7-6-14(9-16(15)27-2)23-18-10-17(20-11-21-18)22-13-5-3-4-12(8-13)19(24)25/h3-11H,1-2H3,(H,24,25)(H2,20,21,22,23). The molecule has 1 heterocycles. The van der Waals surface area contributed by atoms with E-state index in [0.717, 1.165) is 5.69 Å². The molecule has 3 N–H and O–H groups in total. The van der Waals surface area contributed by atoms with Gasteiger partial charge < -0.3 is 25.2 Å². The number of ether oxygens (including phenoxy) is 2. The number of rotatable bonds is 7. The van der Waals surface area contributed by atoms with Crippen LogP contribution in [0.3, 0.4) is 0 Å². The van der Waals surface area contributed by atoms with Crippen LogP contribution >= 0.6 is 0 Å². The van der Waals surface area contributed by atoms with E-state index < -0.39 is 5.97 Å². The molecule has 0 aliphatic rings. The molecule has 0 radical (unpaired) electrons. The molecule has 0 aliphatic carbocycles. The lowest BCUT2D eigenvalue weighted by atomic mass is 10.2. The van der Waals surface area contributed by atoms with Crippen LogP contribution in [0.4, 0.5) is 23.0 Å². The highest BCUT2D eigenvalue weighted by Crippen LogP contribution is 2.31. The highest BCUT2D eigenvalue weighted by Gasteiger charge is 2.07. The number of methoxy groups -OCH3 is 2. The van der Waals surface area contributed by atoms with E-state index in [1.165, 1.54) is 18.5 Å². The van der Waals surface area contributed by atoms with E-state index >= 15 is 0 Å². The van der Waals surface area contributed by atoms with Gasteiger partial charge in [-0.15, -0.1) is 0 Å². The molecule has 138 valence electrons. The summed E-state index contributed by atoms with van der Waals surface area (Å²) in [6.45, 7) is 0. The average Bonchev–Trinajstić information content (AvgIpc) is 2.68. The monoisotopic (exact) mass is 366 g/mol. The van der Waals surface area contributed by atoms with E-state index in [2.05, 4.69) is 20.6 Å². The van der Waals surface area contributed by atoms with Crippen LogP contribution in [0.2, 0.25) is 0 Å². The predicted molar refractivity (Wildman–Crippen MR) is 102 cm³/mol. The van der Waals surface area contributed by atoms with Gasteiger partial charge in [0.2, 0.25) is 0 Å². The van der Waals surface area contributed by atoms with Crippen molar-refractivity contribution >= 4 is 29.0 Å². The molecule has 0 fully saturated rings. The zero-order valence-electron chi connectivity index (χ0n) is 14.8. The second kappa shape index (κ2) is 8.05. The number of hydrogen-bond donors (Lipinski definition) is 3. The molecule has 0 atom stereocenters. The smallest absolute Gasteiger partial charge is 0.335 e. The number of hydrogen-bond acceptors (Lipinski definition) is 7. The summed E-state index contributed by atoms with van der Waals surface area (Å²) in [5, 5.41) is 15.3. The summed E-state index contributed by atoms with van der Waals surface area (Å²) in [6.07, 6.45) is 1.41. The molecule has 3 rings (SSSR count). The summed E-state index contributed by atoms with van der Waals surface area (Å²) in [7, 11) is 3.15. The highest BCUT2D eigenvalue weighted by atomic mass is 16.5. The number of nitrogens with one attached hydrogen (secondary N) is 2. The maximum Gasteiger partial charge on any atom is 0.335 e. The van der Waals surface area contributed by atoms with Crippen LogP contribution in [0.15, 0.2) is 54.9 Å². The van der Waals surface area contributed by atoms with Gasteiger partial charge in [0.1, 0.15) is 18.0 Å². The molecule has 2 aromatic carbocycles. The minimum absolute atomic E-state index is 0.192. The number of aromatic nitrogens is 2. The molecule has 8 heteroatoms. The third-order valence-electron chi connectivity index (χ3n) is 3.70. The van der Waals surface area contributed by atoms with Crippen molar-refractivity contribution in [3.63, 3.8) is 0 Å². The third kappa shape index (κ3) is 4.43. The van der Waals surface area contributed by atoms with E-state index in [1.807, 2.05) is 6.07 Å². The van der Waals surface area contributed by atoms with Crippen molar-refractivity contribution in [1.82, 2.24) is 9.97 Å². The fourth-order valence-corrected chi connectivity index (χ4v) is 2.43. The molecule has 0 spiro atoms. The molecular formula is C19H18N4O4. The van der Waals surface area contributed by atoms with Gasteiger partial charge in [-0.05, 0) is 30.3 Å². The van der Waals surface area contributed by atoms with E-state index in [0.29, 0.717) is 28.8 Å². The number of aromatic carboxylic acids is 1. The highest BCUT2D eigenvalue weighted by molar-refractivity contribution is 5.89. The molecule has 0 bridgehead atoms. The first kappa shape index (κ1) is 18.0. The van der Waals surface area contributed by atoms with Gasteiger partial charge in [-0.2, -0.15) is 0 Å². The van der Waals surface area contributed by atoms with Crippen LogP contribution in [-0.2, 0) is 0 Å². The van der Waals surface area contributed by atoms with Crippen LogP contribution in [0.1, 0.15) is 10.4 Å². The predicted octanol–water partition coefficient (Wildman–Crippen LogP) is 3.68. The van der Waals surface area contributed by atoms with Gasteiger partial charge in [0.15, 0.2) is 11.5 Å². The van der Waals surface area contributed by atoms with Gasteiger partial charge in [0.25, 0.3) is 0 Å². The Labute approximate surface area is 155 Å². The van der Waals surface area contributed by atoms with E-state index in [-0.39, 0.29) is 5.56 Å². The maximum atomic E-state index is 11.1. The largest absolute Gasteiger partial charge is 0.493 e. The summed E-state index contributed by atoms with van der Waals surface area (Å²) in [5.41, 5.74) is 1.58. The Morgan fingerprint density at radius 2 is 1.56 bits per heavy atom. The Balaban J connectivity index is 1.78. The van der Waals surface area contributed by atoms with Crippen molar-refractivity contribution < 1.29 is 19.4 Å².